The molecule has 0 radical (unpaired) electrons. The van der Waals surface area contributed by atoms with Gasteiger partial charge in [-0.15, -0.1) is 0 Å². The number of rotatable bonds is 4. The number of aromatic carboxylic acids is 1. The van der Waals surface area contributed by atoms with Crippen molar-refractivity contribution in [1.29, 1.82) is 0 Å². The van der Waals surface area contributed by atoms with Gasteiger partial charge in [-0.3, -0.25) is 14.5 Å². The lowest BCUT2D eigenvalue weighted by Crippen LogP contribution is -2.58. The zero-order chi connectivity index (χ0) is 24.0. The number of carboxylic acid groups (broad SMARTS) is 1. The topological polar surface area (TPSA) is 95.9 Å². The van der Waals surface area contributed by atoms with Gasteiger partial charge in [0.25, 0.3) is 5.91 Å². The number of hydrogen-bond donors (Lipinski definition) is 2. The third kappa shape index (κ3) is 4.36. The molecular weight excluding hydrogens is 453 g/mol. The normalized spacial score (nSPS) is 16.1. The average molecular weight is 471 g/mol. The number of hydrogen-bond acceptors (Lipinski definition) is 4. The molecule has 1 aliphatic heterocycles. The molecule has 0 fully saturated rings. The fraction of sp³-hybridized carbons (Fsp3) is 0.286. The summed E-state index contributed by atoms with van der Waals surface area (Å²) in [5.41, 5.74) is -2.76. The molecule has 0 saturated carbocycles. The Morgan fingerprint density at radius 1 is 1.19 bits per heavy atom. The summed E-state index contributed by atoms with van der Waals surface area (Å²) in [5, 5.41) is 11.5. The predicted octanol–water partition coefficient (Wildman–Crippen LogP) is 4.59. The van der Waals surface area contributed by atoms with Gasteiger partial charge >= 0.3 is 12.1 Å². The number of amides is 2. The number of halogens is 4. The van der Waals surface area contributed by atoms with Gasteiger partial charge < -0.3 is 15.2 Å². The van der Waals surface area contributed by atoms with Crippen molar-refractivity contribution in [3.8, 4) is 5.75 Å². The highest BCUT2D eigenvalue weighted by atomic mass is 35.5. The van der Waals surface area contributed by atoms with E-state index in [2.05, 4.69) is 5.32 Å². The van der Waals surface area contributed by atoms with E-state index in [0.717, 1.165) is 17.0 Å². The van der Waals surface area contributed by atoms with Gasteiger partial charge in [-0.2, -0.15) is 13.2 Å². The molecule has 0 spiro atoms. The Kier molecular flexibility index (Phi) is 5.86. The molecule has 170 valence electrons. The van der Waals surface area contributed by atoms with Crippen LogP contribution in [0.4, 0.5) is 24.5 Å². The fourth-order valence-corrected chi connectivity index (χ4v) is 3.34. The lowest BCUT2D eigenvalue weighted by atomic mass is 10.0. The van der Waals surface area contributed by atoms with Crippen LogP contribution in [0.25, 0.3) is 0 Å². The number of carbonyl (C=O) groups is 3. The SMILES string of the molecule is CC(C(=O)Nc1cc(C(F)(F)F)ccc1Cl)N1C(=O)C(C)(C)Oc2ccc(C(=O)O)cc21. The summed E-state index contributed by atoms with van der Waals surface area (Å²) in [4.78, 5) is 38.4. The van der Waals surface area contributed by atoms with Crippen molar-refractivity contribution >= 4 is 40.8 Å². The molecule has 0 aliphatic carbocycles. The molecule has 1 aliphatic rings. The zero-order valence-electron chi connectivity index (χ0n) is 17.1. The lowest BCUT2D eigenvalue weighted by molar-refractivity contribution is -0.137. The van der Waals surface area contributed by atoms with E-state index >= 15 is 0 Å². The van der Waals surface area contributed by atoms with E-state index in [9.17, 15) is 32.7 Å². The van der Waals surface area contributed by atoms with Crippen LogP contribution in [0.1, 0.15) is 36.7 Å². The number of carboxylic acids is 1. The molecule has 2 amide bonds. The van der Waals surface area contributed by atoms with Crippen LogP contribution < -0.4 is 15.0 Å². The summed E-state index contributed by atoms with van der Waals surface area (Å²) in [7, 11) is 0. The number of anilines is 2. The first-order valence-corrected chi connectivity index (χ1v) is 9.68. The first kappa shape index (κ1) is 23.4. The van der Waals surface area contributed by atoms with Gasteiger partial charge in [0.2, 0.25) is 5.91 Å². The Hall–Kier alpha value is -3.27. The van der Waals surface area contributed by atoms with Crippen molar-refractivity contribution in [3.63, 3.8) is 0 Å². The van der Waals surface area contributed by atoms with E-state index < -0.39 is 41.2 Å². The average Bonchev–Trinajstić information content (AvgIpc) is 2.68. The number of benzene rings is 2. The van der Waals surface area contributed by atoms with Crippen molar-refractivity contribution in [3.05, 3.63) is 52.5 Å². The second-order valence-electron chi connectivity index (χ2n) is 7.63. The Balaban J connectivity index is 1.99. The molecule has 11 heteroatoms. The summed E-state index contributed by atoms with van der Waals surface area (Å²) in [6, 6.07) is 5.08. The Bertz CT molecular complexity index is 1120. The van der Waals surface area contributed by atoms with E-state index in [0.29, 0.717) is 6.07 Å². The number of nitrogens with one attached hydrogen (secondary N) is 1. The molecule has 0 saturated heterocycles. The minimum absolute atomic E-state index is 0.0482. The Morgan fingerprint density at radius 2 is 1.84 bits per heavy atom. The van der Waals surface area contributed by atoms with Crippen molar-refractivity contribution in [1.82, 2.24) is 0 Å². The van der Waals surface area contributed by atoms with Crippen LogP contribution in [0.2, 0.25) is 5.02 Å². The Morgan fingerprint density at radius 3 is 2.44 bits per heavy atom. The van der Waals surface area contributed by atoms with Gasteiger partial charge in [0.05, 0.1) is 27.5 Å². The van der Waals surface area contributed by atoms with Gasteiger partial charge in [-0.05, 0) is 57.2 Å². The monoisotopic (exact) mass is 470 g/mol. The highest BCUT2D eigenvalue weighted by Gasteiger charge is 2.44. The lowest BCUT2D eigenvalue weighted by Gasteiger charge is -2.41. The first-order chi connectivity index (χ1) is 14.7. The predicted molar refractivity (Wildman–Crippen MR) is 110 cm³/mol. The van der Waals surface area contributed by atoms with Crippen molar-refractivity contribution < 1.29 is 37.4 Å². The number of carbonyl (C=O) groups excluding carboxylic acids is 2. The summed E-state index contributed by atoms with van der Waals surface area (Å²) in [6.07, 6.45) is -4.65. The van der Waals surface area contributed by atoms with Crippen LogP contribution in [0.3, 0.4) is 0 Å². The molecule has 1 unspecified atom stereocenters. The summed E-state index contributed by atoms with van der Waals surface area (Å²) in [6.45, 7) is 4.31. The number of ether oxygens (including phenoxy) is 1. The number of nitrogens with zero attached hydrogens (tertiary/aromatic N) is 1. The molecule has 1 heterocycles. The van der Waals surface area contributed by atoms with E-state index in [-0.39, 0.29) is 27.7 Å². The largest absolute Gasteiger partial charge is 0.478 e. The quantitative estimate of drug-likeness (QED) is 0.681. The van der Waals surface area contributed by atoms with E-state index in [4.69, 9.17) is 16.3 Å². The maximum atomic E-state index is 13.0. The molecular formula is C21H18ClF3N2O5. The van der Waals surface area contributed by atoms with Crippen molar-refractivity contribution in [2.75, 3.05) is 10.2 Å². The minimum atomic E-state index is -4.65. The summed E-state index contributed by atoms with van der Waals surface area (Å²) < 4.78 is 44.7. The molecule has 1 atom stereocenters. The summed E-state index contributed by atoms with van der Waals surface area (Å²) in [5.74, 6) is -2.54. The molecule has 2 aromatic rings. The van der Waals surface area contributed by atoms with Crippen LogP contribution in [-0.2, 0) is 15.8 Å². The second kappa shape index (κ2) is 8.01. The fourth-order valence-electron chi connectivity index (χ4n) is 3.18. The van der Waals surface area contributed by atoms with Gasteiger partial charge in [0, 0.05) is 0 Å². The number of alkyl halides is 3. The second-order valence-corrected chi connectivity index (χ2v) is 8.04. The smallest absolute Gasteiger partial charge is 0.416 e. The van der Waals surface area contributed by atoms with Crippen molar-refractivity contribution in [2.24, 2.45) is 0 Å². The molecule has 7 nitrogen and oxygen atoms in total. The van der Waals surface area contributed by atoms with Gasteiger partial charge in [-0.25, -0.2) is 4.79 Å². The maximum absolute atomic E-state index is 13.0. The van der Waals surface area contributed by atoms with Crippen LogP contribution in [0, 0.1) is 0 Å². The van der Waals surface area contributed by atoms with Gasteiger partial charge in [-0.1, -0.05) is 11.6 Å². The zero-order valence-corrected chi connectivity index (χ0v) is 17.8. The molecule has 0 bridgehead atoms. The van der Waals surface area contributed by atoms with Crippen LogP contribution in [-0.4, -0.2) is 34.5 Å². The van der Waals surface area contributed by atoms with Gasteiger partial charge in [0.15, 0.2) is 5.60 Å². The molecule has 2 N–H and O–H groups in total. The van der Waals surface area contributed by atoms with Crippen LogP contribution in [0.15, 0.2) is 36.4 Å². The Labute approximate surface area is 185 Å². The third-order valence-electron chi connectivity index (χ3n) is 4.88. The van der Waals surface area contributed by atoms with Crippen LogP contribution >= 0.6 is 11.6 Å². The number of fused-ring (bicyclic) bond motifs is 1. The highest BCUT2D eigenvalue weighted by Crippen LogP contribution is 2.40. The van der Waals surface area contributed by atoms with Crippen LogP contribution in [0.5, 0.6) is 5.75 Å². The van der Waals surface area contributed by atoms with E-state index in [1.165, 1.54) is 39.0 Å². The standard InChI is InChI=1S/C21H18ClF3N2O5/c1-10(17(28)26-14-9-12(21(23,24)25)5-6-13(14)22)27-15-8-11(18(29)30)4-7-16(15)32-20(2,3)19(27)31/h4-10H,1-3H3,(H,26,28)(H,29,30). The van der Waals surface area contributed by atoms with E-state index in [1.807, 2.05) is 0 Å². The molecule has 3 rings (SSSR count). The molecule has 32 heavy (non-hydrogen) atoms. The molecule has 2 aromatic carbocycles. The highest BCUT2D eigenvalue weighted by molar-refractivity contribution is 6.33. The van der Waals surface area contributed by atoms with E-state index in [1.54, 1.807) is 0 Å². The first-order valence-electron chi connectivity index (χ1n) is 9.30. The van der Waals surface area contributed by atoms with Crippen molar-refractivity contribution in [2.45, 2.75) is 38.6 Å². The van der Waals surface area contributed by atoms with Gasteiger partial charge in [0.1, 0.15) is 11.8 Å². The molecule has 0 aromatic heterocycles. The minimum Gasteiger partial charge on any atom is -0.478 e. The summed E-state index contributed by atoms with van der Waals surface area (Å²) >= 11 is 5.94. The third-order valence-corrected chi connectivity index (χ3v) is 5.21. The maximum Gasteiger partial charge on any atom is 0.416 e.